The number of aromatic nitrogens is 4. The minimum Gasteiger partial charge on any atom is -0.308 e. The van der Waals surface area contributed by atoms with Gasteiger partial charge in [-0.05, 0) is 75.4 Å². The van der Waals surface area contributed by atoms with Crippen LogP contribution in [0.4, 0.5) is 0 Å². The van der Waals surface area contributed by atoms with E-state index in [1.54, 1.807) is 11.3 Å². The van der Waals surface area contributed by atoms with E-state index in [0.717, 1.165) is 33.4 Å². The Hall–Kier alpha value is -7.73. The Bertz CT molecular complexity index is 4000. The third kappa shape index (κ3) is 5.70. The Morgan fingerprint density at radius 1 is 0.400 bits per heavy atom. The molecule has 9 aromatic carbocycles. The topological polar surface area (TPSA) is 43.6 Å². The number of nitrogens with zero attached hydrogens (tertiary/aromatic N) is 4. The molecule has 0 aliphatic carbocycles. The Morgan fingerprint density at radius 3 is 1.75 bits per heavy atom. The summed E-state index contributed by atoms with van der Waals surface area (Å²) < 4.78 is 75.7. The molecular formula is C55H34N4S. The summed E-state index contributed by atoms with van der Waals surface area (Å²) in [6.07, 6.45) is 0. The minimum absolute atomic E-state index is 0.00163. The summed E-state index contributed by atoms with van der Waals surface area (Å²) in [6, 6.07) is 48.7. The molecule has 4 nitrogen and oxygen atoms in total. The third-order valence-electron chi connectivity index (χ3n) is 11.1. The van der Waals surface area contributed by atoms with E-state index in [2.05, 4.69) is 66.7 Å². The molecule has 0 atom stereocenters. The van der Waals surface area contributed by atoms with E-state index in [4.69, 9.17) is 23.2 Å². The van der Waals surface area contributed by atoms with Crippen LogP contribution in [0, 0.1) is 0 Å². The molecule has 0 spiro atoms. The molecule has 0 aliphatic heterocycles. The van der Waals surface area contributed by atoms with E-state index in [1.807, 2.05) is 91.0 Å². The van der Waals surface area contributed by atoms with Gasteiger partial charge in [0.15, 0.2) is 17.5 Å². The van der Waals surface area contributed by atoms with Crippen molar-refractivity contribution in [3.63, 3.8) is 0 Å². The van der Waals surface area contributed by atoms with Gasteiger partial charge in [-0.2, -0.15) is 0 Å². The first kappa shape index (κ1) is 27.0. The van der Waals surface area contributed by atoms with Gasteiger partial charge in [0.1, 0.15) is 0 Å². The van der Waals surface area contributed by atoms with Gasteiger partial charge in [-0.15, -0.1) is 11.3 Å². The summed E-state index contributed by atoms with van der Waals surface area (Å²) in [5, 5.41) is 4.73. The first-order valence-electron chi connectivity index (χ1n) is 23.5. The highest BCUT2D eigenvalue weighted by Gasteiger charge is 2.21. The van der Waals surface area contributed by atoms with Crippen LogP contribution in [0.15, 0.2) is 206 Å². The Labute approximate surface area is 361 Å². The second-order valence-corrected chi connectivity index (χ2v) is 15.7. The number of fused-ring (bicyclic) bond motifs is 7. The highest BCUT2D eigenvalue weighted by molar-refractivity contribution is 7.26. The fourth-order valence-corrected chi connectivity index (χ4v) is 9.52. The molecule has 280 valence electrons. The largest absolute Gasteiger partial charge is 0.308 e. The maximum absolute atomic E-state index is 9.32. The molecule has 0 saturated carbocycles. The number of para-hydroxylation sites is 2. The summed E-state index contributed by atoms with van der Waals surface area (Å²) in [6.45, 7) is 0. The van der Waals surface area contributed by atoms with Crippen LogP contribution in [0.5, 0.6) is 0 Å². The van der Waals surface area contributed by atoms with Gasteiger partial charge < -0.3 is 4.57 Å². The second-order valence-electron chi connectivity index (χ2n) is 14.6. The van der Waals surface area contributed by atoms with E-state index in [0.29, 0.717) is 22.9 Å². The molecule has 12 rings (SSSR count). The zero-order valence-corrected chi connectivity index (χ0v) is 32.5. The lowest BCUT2D eigenvalue weighted by Gasteiger charge is -2.16. The van der Waals surface area contributed by atoms with Crippen molar-refractivity contribution in [3.8, 4) is 62.1 Å². The number of rotatable bonds is 6. The summed E-state index contributed by atoms with van der Waals surface area (Å²) >= 11 is 1.77. The molecule has 3 heterocycles. The Morgan fingerprint density at radius 2 is 1.00 bits per heavy atom. The van der Waals surface area contributed by atoms with Crippen LogP contribution in [-0.4, -0.2) is 19.5 Å². The minimum atomic E-state index is -0.513. The average molecular weight is 791 g/mol. The summed E-state index contributed by atoms with van der Waals surface area (Å²) in [4.78, 5) is 15.4. The highest BCUT2D eigenvalue weighted by atomic mass is 32.1. The van der Waals surface area contributed by atoms with E-state index in [9.17, 15) is 2.74 Å². The van der Waals surface area contributed by atoms with E-state index in [-0.39, 0.29) is 27.6 Å². The third-order valence-corrected chi connectivity index (χ3v) is 12.3. The molecule has 0 unspecified atom stereocenters. The summed E-state index contributed by atoms with van der Waals surface area (Å²) in [5.74, 6) is 1.01. The van der Waals surface area contributed by atoms with Gasteiger partial charge >= 0.3 is 0 Å². The van der Waals surface area contributed by atoms with Crippen molar-refractivity contribution in [1.82, 2.24) is 19.5 Å². The molecule has 12 aromatic rings. The maximum atomic E-state index is 9.32. The lowest BCUT2D eigenvalue weighted by Crippen LogP contribution is -2.04. The van der Waals surface area contributed by atoms with Crippen molar-refractivity contribution in [2.45, 2.75) is 0 Å². The molecule has 0 aliphatic rings. The van der Waals surface area contributed by atoms with Crippen LogP contribution in [0.2, 0.25) is 0 Å². The lowest BCUT2D eigenvalue weighted by atomic mass is 9.99. The molecule has 0 fully saturated rings. The fourth-order valence-electron chi connectivity index (χ4n) is 8.26. The van der Waals surface area contributed by atoms with Crippen LogP contribution in [0.3, 0.4) is 0 Å². The predicted octanol–water partition coefficient (Wildman–Crippen LogP) is 14.8. The van der Waals surface area contributed by atoms with E-state index in [1.165, 1.54) is 35.5 Å². The standard InChI is InChI=1S/C55H34N4S/c1-3-15-35(16-4-1)39-29-30-46(50(33-39)59-48-27-11-9-23-43(48)44-24-10-12-28-49(44)59)55-57-53(36-17-5-2-6-18-36)56-54(58-55)41-22-13-21-40(31-41)42-25-14-26-45-47-32-37-19-7-8-20-38(37)34-51(47)60-52(42)45/h1-34H/i9D,10D,11D,12D,23D,24D,27D,28D. The number of hydrogen-bond donors (Lipinski definition) is 0. The quantitative estimate of drug-likeness (QED) is 0.168. The fraction of sp³-hybridized carbons (Fsp3) is 0. The van der Waals surface area contributed by atoms with Crippen molar-refractivity contribution in [2.75, 3.05) is 0 Å². The molecule has 0 radical (unpaired) electrons. The Kier molecular flexibility index (Phi) is 6.30. The molecule has 0 N–H and O–H groups in total. The van der Waals surface area contributed by atoms with E-state index >= 15 is 0 Å². The van der Waals surface area contributed by atoms with Crippen molar-refractivity contribution in [3.05, 3.63) is 206 Å². The highest BCUT2D eigenvalue weighted by Crippen LogP contribution is 2.43. The van der Waals surface area contributed by atoms with Crippen molar-refractivity contribution in [1.29, 1.82) is 0 Å². The summed E-state index contributed by atoms with van der Waals surface area (Å²) in [5.41, 5.74) is 5.89. The second kappa shape index (κ2) is 14.0. The zero-order chi connectivity index (χ0) is 46.5. The summed E-state index contributed by atoms with van der Waals surface area (Å²) in [7, 11) is 0. The van der Waals surface area contributed by atoms with Crippen molar-refractivity contribution in [2.24, 2.45) is 0 Å². The SMILES string of the molecule is [2H]c1c([2H])c([2H])c2c(c1[2H])c1c([2H])c([2H])c([2H])c([2H])c1n2-c1cc(-c2ccccc2)ccc1-c1nc(-c2ccccc2)nc(-c2cccc(-c3cccc4c3sc3cc5ccccc5cc34)c2)n1. The molecule has 0 bridgehead atoms. The molecular weight excluding hydrogens is 749 g/mol. The number of thiophene rings is 1. The van der Waals surface area contributed by atoms with Crippen LogP contribution >= 0.6 is 11.3 Å². The van der Waals surface area contributed by atoms with Gasteiger partial charge in [0, 0.05) is 47.6 Å². The molecule has 0 saturated heterocycles. The van der Waals surface area contributed by atoms with Gasteiger partial charge in [-0.3, -0.25) is 0 Å². The normalized spacial score (nSPS) is 13.5. The van der Waals surface area contributed by atoms with Crippen LogP contribution in [0.25, 0.3) is 115 Å². The van der Waals surface area contributed by atoms with Crippen molar-refractivity contribution < 1.29 is 11.0 Å². The van der Waals surface area contributed by atoms with Gasteiger partial charge in [-0.25, -0.2) is 15.0 Å². The lowest BCUT2D eigenvalue weighted by molar-refractivity contribution is 1.06. The van der Waals surface area contributed by atoms with Gasteiger partial charge in [-0.1, -0.05) is 164 Å². The first-order valence-corrected chi connectivity index (χ1v) is 20.3. The monoisotopic (exact) mass is 790 g/mol. The average Bonchev–Trinajstić information content (AvgIpc) is 3.94. The first-order chi connectivity index (χ1) is 33.0. The van der Waals surface area contributed by atoms with E-state index < -0.39 is 48.3 Å². The maximum Gasteiger partial charge on any atom is 0.166 e. The van der Waals surface area contributed by atoms with Crippen LogP contribution < -0.4 is 0 Å². The van der Waals surface area contributed by atoms with Gasteiger partial charge in [0.05, 0.1) is 27.7 Å². The van der Waals surface area contributed by atoms with Gasteiger partial charge in [0.25, 0.3) is 0 Å². The molecule has 3 aromatic heterocycles. The smallest absolute Gasteiger partial charge is 0.166 e. The molecule has 5 heteroatoms. The zero-order valence-electron chi connectivity index (χ0n) is 39.7. The molecule has 60 heavy (non-hydrogen) atoms. The molecule has 0 amide bonds. The number of hydrogen-bond acceptors (Lipinski definition) is 4. The predicted molar refractivity (Wildman–Crippen MR) is 252 cm³/mol. The Balaban J connectivity index is 1.13. The van der Waals surface area contributed by atoms with Crippen LogP contribution in [0.1, 0.15) is 11.0 Å². The van der Waals surface area contributed by atoms with Crippen LogP contribution in [-0.2, 0) is 0 Å². The van der Waals surface area contributed by atoms with Crippen molar-refractivity contribution >= 4 is 64.1 Å². The number of benzene rings is 9. The van der Waals surface area contributed by atoms with Gasteiger partial charge in [0.2, 0.25) is 0 Å².